The molecular weight excluding hydrogens is 265 g/mol. The van der Waals surface area contributed by atoms with Gasteiger partial charge in [0, 0.05) is 6.07 Å². The molecule has 0 heterocycles. The summed E-state index contributed by atoms with van der Waals surface area (Å²) in [5.74, 6) is -0.312. The molecule has 5 nitrogen and oxygen atoms in total. The van der Waals surface area contributed by atoms with Crippen molar-refractivity contribution in [1.29, 1.82) is 0 Å². The Morgan fingerprint density at radius 3 is 2.35 bits per heavy atom. The Morgan fingerprint density at radius 1 is 1.15 bits per heavy atom. The van der Waals surface area contributed by atoms with Crippen LogP contribution in [-0.2, 0) is 13.2 Å². The van der Waals surface area contributed by atoms with E-state index in [9.17, 15) is 14.5 Å². The van der Waals surface area contributed by atoms with Gasteiger partial charge in [0.05, 0.1) is 11.5 Å². The summed E-state index contributed by atoms with van der Waals surface area (Å²) in [6.45, 7) is 0.0568. The molecule has 0 amide bonds. The van der Waals surface area contributed by atoms with Gasteiger partial charge in [0.25, 0.3) is 0 Å². The van der Waals surface area contributed by atoms with Crippen LogP contribution in [0.15, 0.2) is 42.5 Å². The van der Waals surface area contributed by atoms with E-state index in [1.54, 1.807) is 24.3 Å². The lowest BCUT2D eigenvalue weighted by Crippen LogP contribution is -1.98. The van der Waals surface area contributed by atoms with Gasteiger partial charge in [-0.15, -0.1) is 0 Å². The van der Waals surface area contributed by atoms with Gasteiger partial charge in [0.1, 0.15) is 12.4 Å². The summed E-state index contributed by atoms with van der Waals surface area (Å²) in [7, 11) is 0. The highest BCUT2D eigenvalue weighted by molar-refractivity contribution is 5.35. The Labute approximate surface area is 114 Å². The number of rotatable bonds is 5. The van der Waals surface area contributed by atoms with Crippen molar-refractivity contribution in [3.05, 3.63) is 69.5 Å². The Balaban J connectivity index is 2.03. The molecule has 0 saturated carbocycles. The molecule has 0 unspecified atom stereocenters. The van der Waals surface area contributed by atoms with Crippen LogP contribution in [-0.4, -0.2) is 10.0 Å². The zero-order valence-electron chi connectivity index (χ0n) is 10.5. The Kier molecular flexibility index (Phi) is 4.27. The molecule has 0 aliphatic rings. The largest absolute Gasteiger partial charge is 0.489 e. The normalized spacial score (nSPS) is 10.3. The first-order valence-corrected chi connectivity index (χ1v) is 5.85. The molecule has 104 valence electrons. The number of halogens is 1. The number of nitro benzene ring substituents is 1. The first kappa shape index (κ1) is 14.0. The van der Waals surface area contributed by atoms with E-state index in [1.165, 1.54) is 6.07 Å². The van der Waals surface area contributed by atoms with Gasteiger partial charge in [-0.3, -0.25) is 10.1 Å². The summed E-state index contributed by atoms with van der Waals surface area (Å²) >= 11 is 0. The van der Waals surface area contributed by atoms with Gasteiger partial charge in [-0.05, 0) is 35.4 Å². The predicted molar refractivity (Wildman–Crippen MR) is 69.8 cm³/mol. The number of aliphatic hydroxyl groups excluding tert-OH is 1. The number of hydrogen-bond acceptors (Lipinski definition) is 4. The lowest BCUT2D eigenvalue weighted by Gasteiger charge is -2.07. The van der Waals surface area contributed by atoms with E-state index in [4.69, 9.17) is 9.84 Å². The Morgan fingerprint density at radius 2 is 1.80 bits per heavy atom. The highest BCUT2D eigenvalue weighted by atomic mass is 19.1. The molecule has 0 radical (unpaired) electrons. The molecule has 0 saturated heterocycles. The maximum atomic E-state index is 13.4. The smallest absolute Gasteiger partial charge is 0.304 e. The minimum Gasteiger partial charge on any atom is -0.489 e. The molecule has 0 spiro atoms. The van der Waals surface area contributed by atoms with Crippen molar-refractivity contribution < 1.29 is 19.2 Å². The lowest BCUT2D eigenvalue weighted by molar-refractivity contribution is -0.387. The molecule has 1 N–H and O–H groups in total. The van der Waals surface area contributed by atoms with Crippen molar-refractivity contribution in [3.8, 4) is 5.75 Å². The molecule has 0 bridgehead atoms. The van der Waals surface area contributed by atoms with Gasteiger partial charge in [-0.2, -0.15) is 4.39 Å². The maximum absolute atomic E-state index is 13.4. The molecule has 0 aliphatic heterocycles. The van der Waals surface area contributed by atoms with Gasteiger partial charge in [-0.25, -0.2) is 0 Å². The fourth-order valence-corrected chi connectivity index (χ4v) is 1.65. The van der Waals surface area contributed by atoms with Crippen LogP contribution in [0.3, 0.4) is 0 Å². The minimum absolute atomic E-state index is 0.0478. The predicted octanol–water partition coefficient (Wildman–Crippen LogP) is 2.81. The van der Waals surface area contributed by atoms with Gasteiger partial charge in [0.2, 0.25) is 5.82 Å². The summed E-state index contributed by atoms with van der Waals surface area (Å²) in [5, 5.41) is 19.4. The number of aliphatic hydroxyl groups is 1. The van der Waals surface area contributed by atoms with Crippen LogP contribution in [0.2, 0.25) is 0 Å². The van der Waals surface area contributed by atoms with Crippen LogP contribution >= 0.6 is 0 Å². The summed E-state index contributed by atoms with van der Waals surface area (Å²) in [4.78, 5) is 9.72. The highest BCUT2D eigenvalue weighted by Gasteiger charge is 2.13. The molecule has 0 aromatic heterocycles. The van der Waals surface area contributed by atoms with Crippen molar-refractivity contribution >= 4 is 5.69 Å². The van der Waals surface area contributed by atoms with Gasteiger partial charge < -0.3 is 9.84 Å². The van der Waals surface area contributed by atoms with E-state index >= 15 is 0 Å². The lowest BCUT2D eigenvalue weighted by atomic mass is 10.2. The standard InChI is InChI=1S/C14H12FNO4/c15-13-7-11(3-6-14(13)16(18)19)9-20-12-4-1-10(8-17)2-5-12/h1-7,17H,8-9H2. The summed E-state index contributed by atoms with van der Waals surface area (Å²) in [5.41, 5.74) is 0.708. The third kappa shape index (κ3) is 3.30. The van der Waals surface area contributed by atoms with Crippen LogP contribution in [0.4, 0.5) is 10.1 Å². The first-order chi connectivity index (χ1) is 9.60. The van der Waals surface area contributed by atoms with E-state index in [0.717, 1.165) is 17.7 Å². The number of nitro groups is 1. The minimum atomic E-state index is -0.883. The molecule has 0 fully saturated rings. The SMILES string of the molecule is O=[N+]([O-])c1ccc(COc2ccc(CO)cc2)cc1F. The molecule has 2 aromatic carbocycles. The van der Waals surface area contributed by atoms with Crippen LogP contribution < -0.4 is 4.74 Å². The Bertz CT molecular complexity index is 613. The number of hydrogen-bond donors (Lipinski definition) is 1. The van der Waals surface area contributed by atoms with E-state index in [-0.39, 0.29) is 13.2 Å². The number of benzene rings is 2. The van der Waals surface area contributed by atoms with Crippen LogP contribution in [0.5, 0.6) is 5.75 Å². The van der Waals surface area contributed by atoms with Crippen molar-refractivity contribution in [2.24, 2.45) is 0 Å². The molecule has 0 aliphatic carbocycles. The maximum Gasteiger partial charge on any atom is 0.304 e. The van der Waals surface area contributed by atoms with Gasteiger partial charge >= 0.3 is 5.69 Å². The second-order valence-corrected chi connectivity index (χ2v) is 4.13. The fourth-order valence-electron chi connectivity index (χ4n) is 1.65. The number of ether oxygens (including phenoxy) is 1. The average Bonchev–Trinajstić information content (AvgIpc) is 2.45. The molecule has 2 rings (SSSR count). The quantitative estimate of drug-likeness (QED) is 0.673. The van der Waals surface area contributed by atoms with Crippen LogP contribution in [0.1, 0.15) is 11.1 Å². The van der Waals surface area contributed by atoms with Crippen molar-refractivity contribution in [2.45, 2.75) is 13.2 Å². The summed E-state index contributed by atoms with van der Waals surface area (Å²) in [6.07, 6.45) is 0. The molecule has 0 atom stereocenters. The highest BCUT2D eigenvalue weighted by Crippen LogP contribution is 2.19. The molecule has 20 heavy (non-hydrogen) atoms. The van der Waals surface area contributed by atoms with E-state index in [0.29, 0.717) is 11.3 Å². The third-order valence-electron chi connectivity index (χ3n) is 2.72. The zero-order valence-corrected chi connectivity index (χ0v) is 10.5. The molecular formula is C14H12FNO4. The fraction of sp³-hybridized carbons (Fsp3) is 0.143. The monoisotopic (exact) mass is 277 g/mol. The van der Waals surface area contributed by atoms with Crippen molar-refractivity contribution in [2.75, 3.05) is 0 Å². The first-order valence-electron chi connectivity index (χ1n) is 5.85. The zero-order chi connectivity index (χ0) is 14.5. The molecule has 2 aromatic rings. The van der Waals surface area contributed by atoms with Gasteiger partial charge in [0.15, 0.2) is 0 Å². The van der Waals surface area contributed by atoms with Crippen LogP contribution in [0, 0.1) is 15.9 Å². The van der Waals surface area contributed by atoms with Crippen molar-refractivity contribution in [3.63, 3.8) is 0 Å². The summed E-state index contributed by atoms with van der Waals surface area (Å²) in [6, 6.07) is 10.4. The van der Waals surface area contributed by atoms with Crippen LogP contribution in [0.25, 0.3) is 0 Å². The topological polar surface area (TPSA) is 72.6 Å². The second-order valence-electron chi connectivity index (χ2n) is 4.13. The molecule has 6 heteroatoms. The van der Waals surface area contributed by atoms with E-state index < -0.39 is 16.4 Å². The second kappa shape index (κ2) is 6.12. The number of nitrogens with zero attached hydrogens (tertiary/aromatic N) is 1. The van der Waals surface area contributed by atoms with Gasteiger partial charge in [-0.1, -0.05) is 12.1 Å². The summed E-state index contributed by atoms with van der Waals surface area (Å²) < 4.78 is 18.8. The Hall–Kier alpha value is -2.47. The van der Waals surface area contributed by atoms with E-state index in [2.05, 4.69) is 0 Å². The third-order valence-corrected chi connectivity index (χ3v) is 2.72. The van der Waals surface area contributed by atoms with E-state index in [1.807, 2.05) is 0 Å². The average molecular weight is 277 g/mol. The van der Waals surface area contributed by atoms with Crippen molar-refractivity contribution in [1.82, 2.24) is 0 Å².